The van der Waals surface area contributed by atoms with Crippen molar-refractivity contribution in [3.63, 3.8) is 0 Å². The van der Waals surface area contributed by atoms with Crippen molar-refractivity contribution in [2.24, 2.45) is 0 Å². The molecule has 0 unspecified atom stereocenters. The lowest BCUT2D eigenvalue weighted by Gasteiger charge is -2.14. The number of aromatic nitrogens is 1. The summed E-state index contributed by atoms with van der Waals surface area (Å²) in [6, 6.07) is 24.5. The Balaban J connectivity index is 1.85. The molecule has 3 aromatic carbocycles. The van der Waals surface area contributed by atoms with E-state index in [4.69, 9.17) is 0 Å². The Labute approximate surface area is 155 Å². The lowest BCUT2D eigenvalue weighted by atomic mass is 9.92. The van der Waals surface area contributed by atoms with Gasteiger partial charge >= 0.3 is 0 Å². The van der Waals surface area contributed by atoms with Crippen LogP contribution in [-0.2, 0) is 0 Å². The first-order valence-electron chi connectivity index (χ1n) is 8.45. The highest BCUT2D eigenvalue weighted by molar-refractivity contribution is 6.13. The van der Waals surface area contributed by atoms with Gasteiger partial charge in [0.2, 0.25) is 5.78 Å². The van der Waals surface area contributed by atoms with Gasteiger partial charge in [0, 0.05) is 16.5 Å². The first-order valence-corrected chi connectivity index (χ1v) is 8.45. The zero-order valence-corrected chi connectivity index (χ0v) is 14.3. The van der Waals surface area contributed by atoms with E-state index in [1.807, 2.05) is 30.3 Å². The molecule has 0 amide bonds. The van der Waals surface area contributed by atoms with Crippen LogP contribution in [0.2, 0.25) is 0 Å². The highest BCUT2D eigenvalue weighted by Gasteiger charge is 2.17. The van der Waals surface area contributed by atoms with E-state index in [0.717, 1.165) is 10.9 Å². The number of carboxylic acid groups (broad SMARTS) is 1. The molecular formula is C23H14NO3-. The number of hydrogen-bond donors (Lipinski definition) is 0. The van der Waals surface area contributed by atoms with E-state index in [9.17, 15) is 14.7 Å². The number of nitrogens with zero attached hydrogens (tertiary/aromatic N) is 1. The monoisotopic (exact) mass is 352 g/mol. The van der Waals surface area contributed by atoms with E-state index in [1.165, 1.54) is 6.07 Å². The second kappa shape index (κ2) is 6.84. The number of benzene rings is 3. The minimum Gasteiger partial charge on any atom is -0.545 e. The smallest absolute Gasteiger partial charge is 0.211 e. The van der Waals surface area contributed by atoms with Crippen LogP contribution in [0.15, 0.2) is 84.9 Å². The van der Waals surface area contributed by atoms with Crippen molar-refractivity contribution >= 4 is 22.7 Å². The summed E-state index contributed by atoms with van der Waals surface area (Å²) >= 11 is 0. The van der Waals surface area contributed by atoms with Gasteiger partial charge in [0.25, 0.3) is 0 Å². The van der Waals surface area contributed by atoms with Gasteiger partial charge in [-0.15, -0.1) is 0 Å². The zero-order valence-electron chi connectivity index (χ0n) is 14.3. The molecule has 0 spiro atoms. The SMILES string of the molecule is O=C([O-])c1ccccc1-c1ccccc1C(=O)c1ccc2ccccc2n1. The fraction of sp³-hybridized carbons (Fsp3) is 0. The molecule has 130 valence electrons. The summed E-state index contributed by atoms with van der Waals surface area (Å²) in [6.45, 7) is 0. The number of aromatic carboxylic acids is 1. The molecule has 0 aliphatic carbocycles. The molecule has 4 nitrogen and oxygen atoms in total. The molecule has 0 radical (unpaired) electrons. The van der Waals surface area contributed by atoms with Crippen LogP contribution in [-0.4, -0.2) is 16.7 Å². The van der Waals surface area contributed by atoms with E-state index in [0.29, 0.717) is 22.4 Å². The van der Waals surface area contributed by atoms with Crippen LogP contribution in [0.25, 0.3) is 22.0 Å². The largest absolute Gasteiger partial charge is 0.545 e. The maximum absolute atomic E-state index is 13.1. The topological polar surface area (TPSA) is 70.1 Å². The van der Waals surface area contributed by atoms with Gasteiger partial charge in [-0.1, -0.05) is 72.8 Å². The Bertz CT molecular complexity index is 1180. The molecular weight excluding hydrogens is 338 g/mol. The fourth-order valence-electron chi connectivity index (χ4n) is 3.14. The number of hydrogen-bond acceptors (Lipinski definition) is 4. The molecule has 27 heavy (non-hydrogen) atoms. The molecule has 0 N–H and O–H groups in total. The van der Waals surface area contributed by atoms with Crippen LogP contribution >= 0.6 is 0 Å². The van der Waals surface area contributed by atoms with Gasteiger partial charge in [-0.05, 0) is 23.3 Å². The Morgan fingerprint density at radius 1 is 0.667 bits per heavy atom. The van der Waals surface area contributed by atoms with Gasteiger partial charge in [0.15, 0.2) is 0 Å². The van der Waals surface area contributed by atoms with Gasteiger partial charge < -0.3 is 9.90 Å². The fourth-order valence-corrected chi connectivity index (χ4v) is 3.14. The second-order valence-electron chi connectivity index (χ2n) is 6.10. The van der Waals surface area contributed by atoms with Gasteiger partial charge in [0.1, 0.15) is 5.69 Å². The second-order valence-corrected chi connectivity index (χ2v) is 6.10. The predicted octanol–water partition coefficient (Wildman–Crippen LogP) is 3.50. The van der Waals surface area contributed by atoms with Crippen molar-refractivity contribution < 1.29 is 14.7 Å². The Hall–Kier alpha value is -3.79. The Morgan fingerprint density at radius 3 is 2.00 bits per heavy atom. The minimum atomic E-state index is -1.28. The lowest BCUT2D eigenvalue weighted by molar-refractivity contribution is -0.254. The van der Waals surface area contributed by atoms with Gasteiger partial charge in [-0.2, -0.15) is 0 Å². The minimum absolute atomic E-state index is 0.0456. The van der Waals surface area contributed by atoms with Crippen molar-refractivity contribution in [2.75, 3.05) is 0 Å². The van der Waals surface area contributed by atoms with E-state index in [2.05, 4.69) is 4.98 Å². The molecule has 4 rings (SSSR count). The third-order valence-electron chi connectivity index (χ3n) is 4.44. The quantitative estimate of drug-likeness (QED) is 0.527. The van der Waals surface area contributed by atoms with Gasteiger partial charge in [-0.3, -0.25) is 4.79 Å². The Kier molecular flexibility index (Phi) is 4.22. The van der Waals surface area contributed by atoms with Crippen molar-refractivity contribution in [3.8, 4) is 11.1 Å². The standard InChI is InChI=1S/C23H15NO3/c25-22(21-14-13-15-7-1-6-12-20(15)24-21)18-10-4-2-8-16(18)17-9-3-5-11-19(17)23(26)27/h1-14H,(H,26,27)/p-1. The molecule has 1 aromatic heterocycles. The van der Waals surface area contributed by atoms with Gasteiger partial charge in [-0.25, -0.2) is 4.98 Å². The van der Waals surface area contributed by atoms with Crippen LogP contribution in [0, 0.1) is 0 Å². The number of fused-ring (bicyclic) bond motifs is 1. The van der Waals surface area contributed by atoms with E-state index in [1.54, 1.807) is 48.5 Å². The van der Waals surface area contributed by atoms with Crippen molar-refractivity contribution in [1.82, 2.24) is 4.98 Å². The average molecular weight is 352 g/mol. The lowest BCUT2D eigenvalue weighted by Crippen LogP contribution is -2.23. The number of rotatable bonds is 4. The molecule has 0 atom stereocenters. The number of pyridine rings is 1. The molecule has 0 saturated carbocycles. The molecule has 0 aliphatic heterocycles. The predicted molar refractivity (Wildman–Crippen MR) is 101 cm³/mol. The maximum Gasteiger partial charge on any atom is 0.211 e. The third-order valence-corrected chi connectivity index (χ3v) is 4.44. The summed E-state index contributed by atoms with van der Waals surface area (Å²) in [4.78, 5) is 29.1. The molecule has 4 heteroatoms. The van der Waals surface area contributed by atoms with Crippen molar-refractivity contribution in [3.05, 3.63) is 102 Å². The normalized spacial score (nSPS) is 10.7. The molecule has 0 fully saturated rings. The number of para-hydroxylation sites is 1. The summed E-state index contributed by atoms with van der Waals surface area (Å²) in [5.74, 6) is -1.54. The number of carboxylic acids is 1. The van der Waals surface area contributed by atoms with Crippen molar-refractivity contribution in [2.45, 2.75) is 0 Å². The van der Waals surface area contributed by atoms with E-state index >= 15 is 0 Å². The summed E-state index contributed by atoms with van der Waals surface area (Å²) < 4.78 is 0. The summed E-state index contributed by atoms with van der Waals surface area (Å²) in [5.41, 5.74) is 2.47. The third kappa shape index (κ3) is 3.09. The summed E-state index contributed by atoms with van der Waals surface area (Å²) in [6.07, 6.45) is 0. The summed E-state index contributed by atoms with van der Waals surface area (Å²) in [7, 11) is 0. The highest BCUT2D eigenvalue weighted by Crippen LogP contribution is 2.28. The van der Waals surface area contributed by atoms with Crippen molar-refractivity contribution in [1.29, 1.82) is 0 Å². The zero-order chi connectivity index (χ0) is 18.8. The average Bonchev–Trinajstić information content (AvgIpc) is 2.73. The summed E-state index contributed by atoms with van der Waals surface area (Å²) in [5, 5.41) is 12.4. The molecule has 0 bridgehead atoms. The maximum atomic E-state index is 13.1. The number of carbonyl (C=O) groups excluding carboxylic acids is 2. The number of ketones is 1. The molecule has 0 saturated heterocycles. The van der Waals surface area contributed by atoms with Gasteiger partial charge in [0.05, 0.1) is 11.5 Å². The van der Waals surface area contributed by atoms with Crippen LogP contribution in [0.4, 0.5) is 0 Å². The Morgan fingerprint density at radius 2 is 1.26 bits per heavy atom. The first kappa shape index (κ1) is 16.7. The van der Waals surface area contributed by atoms with Crippen LogP contribution in [0.5, 0.6) is 0 Å². The highest BCUT2D eigenvalue weighted by atomic mass is 16.4. The number of carbonyl (C=O) groups is 2. The van der Waals surface area contributed by atoms with E-state index in [-0.39, 0.29) is 11.3 Å². The molecule has 4 aromatic rings. The molecule has 0 aliphatic rings. The van der Waals surface area contributed by atoms with E-state index < -0.39 is 5.97 Å². The van der Waals surface area contributed by atoms with Crippen LogP contribution < -0.4 is 5.11 Å². The van der Waals surface area contributed by atoms with Crippen LogP contribution in [0.1, 0.15) is 26.4 Å². The first-order chi connectivity index (χ1) is 13.1. The molecule has 1 heterocycles. The van der Waals surface area contributed by atoms with Crippen LogP contribution in [0.3, 0.4) is 0 Å².